The van der Waals surface area contributed by atoms with Gasteiger partial charge < -0.3 is 4.74 Å². The first-order valence-electron chi connectivity index (χ1n) is 8.72. The second-order valence-electron chi connectivity index (χ2n) is 6.85. The van der Waals surface area contributed by atoms with Crippen molar-refractivity contribution in [1.29, 1.82) is 0 Å². The van der Waals surface area contributed by atoms with E-state index in [2.05, 4.69) is 4.98 Å². The summed E-state index contributed by atoms with van der Waals surface area (Å²) in [4.78, 5) is 41.2. The number of fused-ring (bicyclic) bond motifs is 1. The van der Waals surface area contributed by atoms with Gasteiger partial charge in [-0.3, -0.25) is 23.3 Å². The molecule has 0 spiro atoms. The maximum absolute atomic E-state index is 12.6. The number of rotatable bonds is 6. The highest BCUT2D eigenvalue weighted by Gasteiger charge is 2.17. The van der Waals surface area contributed by atoms with Crippen molar-refractivity contribution in [3.8, 4) is 0 Å². The highest BCUT2D eigenvalue weighted by molar-refractivity contribution is 5.73. The van der Waals surface area contributed by atoms with E-state index in [1.807, 2.05) is 44.2 Å². The van der Waals surface area contributed by atoms with E-state index in [4.69, 9.17) is 4.74 Å². The molecule has 27 heavy (non-hydrogen) atoms. The van der Waals surface area contributed by atoms with E-state index in [1.165, 1.54) is 22.5 Å². The quantitative estimate of drug-likeness (QED) is 0.610. The van der Waals surface area contributed by atoms with Gasteiger partial charge in [0.05, 0.1) is 6.42 Å². The first-order valence-corrected chi connectivity index (χ1v) is 8.72. The smallest absolute Gasteiger partial charge is 0.332 e. The van der Waals surface area contributed by atoms with Crippen molar-refractivity contribution in [3.63, 3.8) is 0 Å². The fourth-order valence-electron chi connectivity index (χ4n) is 2.89. The zero-order valence-corrected chi connectivity index (χ0v) is 15.6. The fraction of sp³-hybridized carbons (Fsp3) is 0.368. The first-order chi connectivity index (χ1) is 12.9. The molecule has 0 N–H and O–H groups in total. The van der Waals surface area contributed by atoms with Crippen LogP contribution in [0.1, 0.15) is 19.4 Å². The molecular weight excluding hydrogens is 348 g/mol. The second kappa shape index (κ2) is 7.61. The number of esters is 1. The van der Waals surface area contributed by atoms with E-state index in [1.54, 1.807) is 0 Å². The van der Waals surface area contributed by atoms with Crippen LogP contribution in [0.3, 0.4) is 0 Å². The fourth-order valence-corrected chi connectivity index (χ4v) is 2.89. The average molecular weight is 370 g/mol. The Kier molecular flexibility index (Phi) is 5.25. The monoisotopic (exact) mass is 370 g/mol. The highest BCUT2D eigenvalue weighted by atomic mass is 16.5. The predicted molar refractivity (Wildman–Crippen MR) is 100 cm³/mol. The Balaban J connectivity index is 1.87. The number of nitrogens with zero attached hydrogens (tertiary/aromatic N) is 4. The number of imidazole rings is 1. The molecule has 0 atom stereocenters. The molecule has 0 aliphatic rings. The Bertz CT molecular complexity index is 1080. The summed E-state index contributed by atoms with van der Waals surface area (Å²) in [5, 5.41) is 0. The Morgan fingerprint density at radius 3 is 2.56 bits per heavy atom. The minimum Gasteiger partial charge on any atom is -0.444 e. The predicted octanol–water partition coefficient (Wildman–Crippen LogP) is 1.30. The lowest BCUT2D eigenvalue weighted by Crippen LogP contribution is -2.39. The van der Waals surface area contributed by atoms with Crippen LogP contribution in [-0.2, 0) is 36.3 Å². The van der Waals surface area contributed by atoms with E-state index in [9.17, 15) is 14.4 Å². The van der Waals surface area contributed by atoms with Crippen LogP contribution < -0.4 is 11.2 Å². The molecule has 0 aliphatic carbocycles. The van der Waals surface area contributed by atoms with Gasteiger partial charge in [-0.05, 0) is 11.5 Å². The molecule has 1 aromatic carbocycles. The van der Waals surface area contributed by atoms with Crippen molar-refractivity contribution in [1.82, 2.24) is 18.7 Å². The lowest BCUT2D eigenvalue weighted by Gasteiger charge is -2.12. The van der Waals surface area contributed by atoms with Gasteiger partial charge in [0.15, 0.2) is 17.9 Å². The van der Waals surface area contributed by atoms with Crippen molar-refractivity contribution < 1.29 is 9.53 Å². The summed E-state index contributed by atoms with van der Waals surface area (Å²) in [5.41, 5.74) is 0.514. The van der Waals surface area contributed by atoms with Crippen molar-refractivity contribution in [2.75, 3.05) is 0 Å². The molecule has 8 heteroatoms. The Labute approximate surface area is 155 Å². The number of hydrogen-bond acceptors (Lipinski definition) is 5. The number of carbonyl (C=O) groups is 1. The molecule has 0 saturated carbocycles. The zero-order chi connectivity index (χ0) is 19.6. The number of ether oxygens (including phenoxy) is 1. The van der Waals surface area contributed by atoms with E-state index in [0.717, 1.165) is 10.1 Å². The molecule has 0 bridgehead atoms. The van der Waals surface area contributed by atoms with Crippen molar-refractivity contribution in [2.45, 2.75) is 33.5 Å². The van der Waals surface area contributed by atoms with Crippen molar-refractivity contribution >= 4 is 17.1 Å². The molecule has 3 rings (SSSR count). The van der Waals surface area contributed by atoms with Crippen LogP contribution in [0.15, 0.2) is 46.2 Å². The summed E-state index contributed by atoms with van der Waals surface area (Å²) in [6.07, 6.45) is 1.56. The van der Waals surface area contributed by atoms with Crippen LogP contribution in [-0.4, -0.2) is 24.7 Å². The van der Waals surface area contributed by atoms with Crippen LogP contribution >= 0.6 is 0 Å². The molecule has 2 aromatic heterocycles. The number of hydrogen-bond donors (Lipinski definition) is 0. The third-order valence-corrected chi connectivity index (χ3v) is 4.20. The first kappa shape index (κ1) is 18.6. The van der Waals surface area contributed by atoms with Crippen molar-refractivity contribution in [3.05, 3.63) is 63.1 Å². The Morgan fingerprint density at radius 1 is 1.19 bits per heavy atom. The van der Waals surface area contributed by atoms with Crippen LogP contribution in [0.2, 0.25) is 0 Å². The minimum absolute atomic E-state index is 0.142. The summed E-state index contributed by atoms with van der Waals surface area (Å²) in [6.45, 7) is 4.25. The molecule has 2 heterocycles. The average Bonchev–Trinajstić information content (AvgIpc) is 3.06. The minimum atomic E-state index is -0.466. The normalized spacial score (nSPS) is 11.3. The van der Waals surface area contributed by atoms with Gasteiger partial charge in [0.1, 0.15) is 6.33 Å². The van der Waals surface area contributed by atoms with Gasteiger partial charge in [-0.15, -0.1) is 0 Å². The molecule has 3 aromatic rings. The third-order valence-electron chi connectivity index (χ3n) is 4.20. The summed E-state index contributed by atoms with van der Waals surface area (Å²) in [5.74, 6) is -0.201. The molecule has 8 nitrogen and oxygen atoms in total. The number of benzene rings is 1. The SMILES string of the molecule is CC(C)Cn1c(=O)n(C)c(=O)c2c1ncn2COC(=O)Cc1ccccc1. The van der Waals surface area contributed by atoms with Crippen LogP contribution in [0.4, 0.5) is 0 Å². The molecular formula is C19H22N4O4. The van der Waals surface area contributed by atoms with E-state index in [-0.39, 0.29) is 24.6 Å². The second-order valence-corrected chi connectivity index (χ2v) is 6.85. The van der Waals surface area contributed by atoms with Crippen molar-refractivity contribution in [2.24, 2.45) is 13.0 Å². The summed E-state index contributed by atoms with van der Waals surface area (Å²) in [6, 6.07) is 9.26. The molecule has 0 fully saturated rings. The number of carbonyl (C=O) groups excluding carboxylic acids is 1. The zero-order valence-electron chi connectivity index (χ0n) is 15.6. The maximum Gasteiger partial charge on any atom is 0.332 e. The largest absolute Gasteiger partial charge is 0.444 e. The lowest BCUT2D eigenvalue weighted by atomic mass is 10.2. The maximum atomic E-state index is 12.6. The molecule has 142 valence electrons. The third kappa shape index (κ3) is 3.84. The van der Waals surface area contributed by atoms with Crippen LogP contribution in [0, 0.1) is 5.92 Å². The Morgan fingerprint density at radius 2 is 1.89 bits per heavy atom. The van der Waals surface area contributed by atoms with Crippen LogP contribution in [0.5, 0.6) is 0 Å². The molecule has 0 aliphatic heterocycles. The molecule has 0 amide bonds. The summed E-state index contributed by atoms with van der Waals surface area (Å²) >= 11 is 0. The summed E-state index contributed by atoms with van der Waals surface area (Å²) < 4.78 is 9.27. The van der Waals surface area contributed by atoms with Gasteiger partial charge in [-0.25, -0.2) is 9.78 Å². The summed E-state index contributed by atoms with van der Waals surface area (Å²) in [7, 11) is 1.43. The van der Waals surface area contributed by atoms with Crippen LogP contribution in [0.25, 0.3) is 11.2 Å². The topological polar surface area (TPSA) is 88.1 Å². The van der Waals surface area contributed by atoms with Gasteiger partial charge >= 0.3 is 11.7 Å². The van der Waals surface area contributed by atoms with Gasteiger partial charge in [0, 0.05) is 13.6 Å². The standard InChI is InChI=1S/C19H22N4O4/c1-13(2)10-23-17-16(18(25)21(3)19(23)26)22(11-20-17)12-27-15(24)9-14-7-5-4-6-8-14/h4-8,11,13H,9-10,12H2,1-3H3. The van der Waals surface area contributed by atoms with E-state index in [0.29, 0.717) is 12.2 Å². The molecule has 0 unspecified atom stereocenters. The van der Waals surface area contributed by atoms with E-state index < -0.39 is 17.2 Å². The molecule has 0 saturated heterocycles. The van der Waals surface area contributed by atoms with Gasteiger partial charge in [-0.1, -0.05) is 44.2 Å². The lowest BCUT2D eigenvalue weighted by molar-refractivity contribution is -0.146. The Hall–Kier alpha value is -3.16. The van der Waals surface area contributed by atoms with Gasteiger partial charge in [-0.2, -0.15) is 0 Å². The number of aromatic nitrogens is 4. The highest BCUT2D eigenvalue weighted by Crippen LogP contribution is 2.09. The molecule has 0 radical (unpaired) electrons. The van der Waals surface area contributed by atoms with Gasteiger partial charge in [0.2, 0.25) is 0 Å². The van der Waals surface area contributed by atoms with E-state index >= 15 is 0 Å². The van der Waals surface area contributed by atoms with Gasteiger partial charge in [0.25, 0.3) is 5.56 Å².